The number of hydrogen-bond acceptors (Lipinski definition) is 8. The van der Waals surface area contributed by atoms with E-state index in [1.807, 2.05) is 0 Å². The van der Waals surface area contributed by atoms with Crippen molar-refractivity contribution in [3.63, 3.8) is 0 Å². The molecule has 4 saturated carbocycles. The molecule has 10 heteroatoms. The van der Waals surface area contributed by atoms with Crippen molar-refractivity contribution in [1.29, 1.82) is 0 Å². The van der Waals surface area contributed by atoms with Crippen LogP contribution in [0.4, 0.5) is 0 Å². The van der Waals surface area contributed by atoms with E-state index in [9.17, 15) is 38.2 Å². The highest BCUT2D eigenvalue weighted by Crippen LogP contribution is 2.73. The smallest absolute Gasteiger partial charge is 0.271 e. The minimum atomic E-state index is -4.83. The monoisotopic (exact) mass is 378 g/mol. The highest BCUT2D eigenvalue weighted by molar-refractivity contribution is 7.86. The summed E-state index contributed by atoms with van der Waals surface area (Å²) in [6.45, 7) is 1.95. The van der Waals surface area contributed by atoms with Gasteiger partial charge in [0.15, 0.2) is 5.78 Å². The molecule has 2 saturated heterocycles. The molecule has 0 aromatic rings. The highest BCUT2D eigenvalue weighted by atomic mass is 32.2. The van der Waals surface area contributed by atoms with Crippen LogP contribution in [0, 0.1) is 16.2 Å². The van der Waals surface area contributed by atoms with Crippen LogP contribution in [0.2, 0.25) is 0 Å². The number of aliphatic hydroxyl groups excluding tert-OH is 3. The van der Waals surface area contributed by atoms with Crippen LogP contribution < -0.4 is 0 Å². The van der Waals surface area contributed by atoms with Gasteiger partial charge in [0.05, 0.1) is 29.6 Å². The van der Waals surface area contributed by atoms with Crippen molar-refractivity contribution in [2.45, 2.75) is 62.0 Å². The molecule has 0 aromatic heterocycles. The first-order valence-electron chi connectivity index (χ1n) is 8.17. The van der Waals surface area contributed by atoms with Crippen molar-refractivity contribution in [2.24, 2.45) is 16.2 Å². The second-order valence-corrected chi connectivity index (χ2v) is 10.0. The molecule has 2 heterocycles. The van der Waals surface area contributed by atoms with E-state index in [2.05, 4.69) is 0 Å². The van der Waals surface area contributed by atoms with Crippen LogP contribution in [0.15, 0.2) is 0 Å². The highest BCUT2D eigenvalue weighted by Gasteiger charge is 2.86. The maximum absolute atomic E-state index is 12.9. The van der Waals surface area contributed by atoms with Gasteiger partial charge >= 0.3 is 0 Å². The van der Waals surface area contributed by atoms with Gasteiger partial charge in [0.1, 0.15) is 23.1 Å². The van der Waals surface area contributed by atoms with E-state index in [-0.39, 0.29) is 6.42 Å². The van der Waals surface area contributed by atoms with Crippen molar-refractivity contribution in [1.82, 2.24) is 0 Å². The molecule has 0 amide bonds. The van der Waals surface area contributed by atoms with Crippen LogP contribution in [-0.2, 0) is 19.6 Å². The summed E-state index contributed by atoms with van der Waals surface area (Å²) in [5.41, 5.74) is -6.90. The summed E-state index contributed by atoms with van der Waals surface area (Å²) in [4.78, 5) is 12.9. The predicted octanol–water partition coefficient (Wildman–Crippen LogP) is -2.16. The van der Waals surface area contributed by atoms with Crippen molar-refractivity contribution < 1.29 is 42.9 Å². The van der Waals surface area contributed by atoms with E-state index < -0.39 is 80.4 Å². The lowest BCUT2D eigenvalue weighted by molar-refractivity contribution is -0.296. The van der Waals surface area contributed by atoms with Gasteiger partial charge in [-0.3, -0.25) is 9.35 Å². The number of ether oxygens (including phenoxy) is 1. The lowest BCUT2D eigenvalue weighted by Crippen LogP contribution is -2.75. The van der Waals surface area contributed by atoms with Gasteiger partial charge in [0.25, 0.3) is 10.1 Å². The Morgan fingerprint density at radius 3 is 2.36 bits per heavy atom. The maximum Gasteiger partial charge on any atom is 0.271 e. The molecule has 142 valence electrons. The normalized spacial score (nSPS) is 60.1. The van der Waals surface area contributed by atoms with Crippen LogP contribution in [0.25, 0.3) is 0 Å². The largest absolute Gasteiger partial charge is 0.396 e. The number of hydrogen-bond donors (Lipinski definition) is 5. The fraction of sp³-hybridized carbons (Fsp3) is 0.933. The molecular weight excluding hydrogens is 356 g/mol. The van der Waals surface area contributed by atoms with Gasteiger partial charge in [-0.05, 0) is 12.8 Å². The number of aliphatic hydroxyl groups is 4. The Labute approximate surface area is 144 Å². The van der Waals surface area contributed by atoms with Gasteiger partial charge in [0.2, 0.25) is 0 Å². The van der Waals surface area contributed by atoms with Crippen molar-refractivity contribution in [3.8, 4) is 0 Å². The lowest BCUT2D eigenvalue weighted by atomic mass is 9.51. The number of carbonyl (C=O) groups excluding carboxylic acids is 1. The zero-order valence-electron chi connectivity index (χ0n) is 13.8. The number of fused-ring (bicyclic) bond motifs is 1. The molecule has 5 N–H and O–H groups in total. The number of carbonyl (C=O) groups is 1. The summed E-state index contributed by atoms with van der Waals surface area (Å²) in [5, 5.41) is 41.1. The second-order valence-electron chi connectivity index (χ2n) is 8.50. The predicted molar refractivity (Wildman–Crippen MR) is 80.9 cm³/mol. The summed E-state index contributed by atoms with van der Waals surface area (Å²) in [6.07, 6.45) is -6.06. The third kappa shape index (κ3) is 1.54. The number of Topliss-reactive ketones (excluding diaryl/α,β-unsaturated/α-hetero) is 1. The summed E-state index contributed by atoms with van der Waals surface area (Å²) in [7, 11) is -4.83. The molecule has 6 aliphatic rings. The Hall–Kier alpha value is -0.620. The molecular formula is C15H22O9S. The molecule has 0 unspecified atom stereocenters. The first-order valence-corrected chi connectivity index (χ1v) is 9.67. The Kier molecular flexibility index (Phi) is 3.15. The van der Waals surface area contributed by atoms with E-state index in [0.717, 1.165) is 0 Å². The summed E-state index contributed by atoms with van der Waals surface area (Å²) < 4.78 is 39.9. The van der Waals surface area contributed by atoms with Gasteiger partial charge in [0, 0.05) is 5.41 Å². The Bertz CT molecular complexity index is 767. The zero-order valence-corrected chi connectivity index (χ0v) is 14.6. The Morgan fingerprint density at radius 2 is 1.84 bits per heavy atom. The first-order chi connectivity index (χ1) is 11.3. The number of ketones is 1. The van der Waals surface area contributed by atoms with E-state index in [1.165, 1.54) is 13.8 Å². The topological polar surface area (TPSA) is 162 Å². The third-order valence-corrected chi connectivity index (χ3v) is 9.05. The van der Waals surface area contributed by atoms with Gasteiger partial charge in [-0.25, -0.2) is 0 Å². The number of rotatable bonds is 2. The SMILES string of the molecule is C[C@]12C[C@@H](O)[C@H]3O[C@@H]4[C@@H](S(=O)(=O)O)[C@](C)(C[C@]31O)C(=O)[C@@H](O)[C@@]42CO. The van der Waals surface area contributed by atoms with Gasteiger partial charge in [-0.15, -0.1) is 0 Å². The average Bonchev–Trinajstić information content (AvgIpc) is 2.58. The molecule has 4 aliphatic carbocycles. The average molecular weight is 378 g/mol. The fourth-order valence-corrected chi connectivity index (χ4v) is 7.90. The molecule has 6 bridgehead atoms. The molecule has 6 rings (SSSR count). The van der Waals surface area contributed by atoms with E-state index in [1.54, 1.807) is 0 Å². The molecule has 2 aliphatic heterocycles. The van der Waals surface area contributed by atoms with Crippen molar-refractivity contribution >= 4 is 15.9 Å². The Morgan fingerprint density at radius 1 is 1.24 bits per heavy atom. The summed E-state index contributed by atoms with van der Waals surface area (Å²) in [6, 6.07) is 0. The van der Waals surface area contributed by atoms with E-state index in [0.29, 0.717) is 0 Å². The van der Waals surface area contributed by atoms with Crippen molar-refractivity contribution in [2.75, 3.05) is 6.61 Å². The molecule has 0 aromatic carbocycles. The quantitative estimate of drug-likeness (QED) is 0.337. The van der Waals surface area contributed by atoms with Crippen LogP contribution in [0.5, 0.6) is 0 Å². The second kappa shape index (κ2) is 4.44. The van der Waals surface area contributed by atoms with Crippen LogP contribution >= 0.6 is 0 Å². The molecule has 6 fully saturated rings. The summed E-state index contributed by atoms with van der Waals surface area (Å²) in [5.74, 6) is -0.858. The molecule has 9 nitrogen and oxygen atoms in total. The maximum atomic E-state index is 12.9. The lowest BCUT2D eigenvalue weighted by Gasteiger charge is -2.61. The van der Waals surface area contributed by atoms with Gasteiger partial charge in [-0.2, -0.15) is 8.42 Å². The fourth-order valence-electron chi connectivity index (χ4n) is 6.42. The van der Waals surface area contributed by atoms with Crippen LogP contribution in [0.3, 0.4) is 0 Å². The van der Waals surface area contributed by atoms with Crippen LogP contribution in [-0.4, -0.2) is 81.1 Å². The molecule has 0 radical (unpaired) electrons. The zero-order chi connectivity index (χ0) is 18.8. The molecule has 0 spiro atoms. The molecule has 25 heavy (non-hydrogen) atoms. The minimum Gasteiger partial charge on any atom is -0.396 e. The minimum absolute atomic E-state index is 0.0795. The van der Waals surface area contributed by atoms with E-state index in [4.69, 9.17) is 4.74 Å². The third-order valence-electron chi connectivity index (χ3n) is 7.64. The van der Waals surface area contributed by atoms with Gasteiger partial charge < -0.3 is 25.2 Å². The Balaban J connectivity index is 2.13. The molecule has 9 atom stereocenters. The summed E-state index contributed by atoms with van der Waals surface area (Å²) >= 11 is 0. The van der Waals surface area contributed by atoms with E-state index >= 15 is 0 Å². The van der Waals surface area contributed by atoms with Crippen LogP contribution in [0.1, 0.15) is 26.7 Å². The standard InChI is InChI=1S/C15H22O9S/c1-12-4-15(20)9-6(17)3-13(15,2)14(5-16,8(19)7(12)18)10(24-9)11(12)25(21,22)23/h6,8-11,16-17,19-20H,3-5H2,1-2H3,(H,21,22,23)/t6-,8-,9-,10-,11-,12-,13-,14+,15+/m1/s1. The van der Waals surface area contributed by atoms with Crippen molar-refractivity contribution in [3.05, 3.63) is 0 Å². The van der Waals surface area contributed by atoms with Gasteiger partial charge in [-0.1, -0.05) is 13.8 Å². The first kappa shape index (κ1) is 17.8.